The zero-order valence-electron chi connectivity index (χ0n) is 6.81. The van der Waals surface area contributed by atoms with Crippen molar-refractivity contribution in [2.45, 2.75) is 26.3 Å². The maximum absolute atomic E-state index is 5.82. The Balaban J connectivity index is 3.13. The lowest BCUT2D eigenvalue weighted by Crippen LogP contribution is -2.28. The molecule has 0 aromatic carbocycles. The molecule has 0 atom stereocenters. The highest BCUT2D eigenvalue weighted by Gasteiger charge is 2.22. The minimum atomic E-state index is -0.455. The maximum Gasteiger partial charge on any atom is 0.264 e. The van der Waals surface area contributed by atoms with Crippen LogP contribution in [0.3, 0.4) is 0 Å². The molecule has 0 spiro atoms. The molecule has 1 rings (SSSR count). The fraction of sp³-hybridized carbons (Fsp3) is 0.571. The molecular weight excluding hydrogens is 208 g/mol. The molecular formula is C7H11BrN2O. The van der Waals surface area contributed by atoms with Gasteiger partial charge in [0.05, 0.1) is 11.2 Å². The van der Waals surface area contributed by atoms with Gasteiger partial charge in [-0.15, -0.1) is 0 Å². The molecule has 1 aromatic rings. The van der Waals surface area contributed by atoms with E-state index in [-0.39, 0.29) is 0 Å². The van der Waals surface area contributed by atoms with Crippen LogP contribution in [0.4, 0.5) is 0 Å². The molecule has 62 valence electrons. The first-order valence-corrected chi connectivity index (χ1v) is 4.13. The van der Waals surface area contributed by atoms with Crippen molar-refractivity contribution in [2.75, 3.05) is 0 Å². The van der Waals surface area contributed by atoms with Crippen LogP contribution in [-0.4, -0.2) is 4.98 Å². The van der Waals surface area contributed by atoms with E-state index in [1.165, 1.54) is 0 Å². The molecule has 0 fully saturated rings. The van der Waals surface area contributed by atoms with Gasteiger partial charge in [0.15, 0.2) is 0 Å². The first-order valence-electron chi connectivity index (χ1n) is 3.33. The predicted molar refractivity (Wildman–Crippen MR) is 46.2 cm³/mol. The quantitative estimate of drug-likeness (QED) is 0.785. The van der Waals surface area contributed by atoms with Crippen molar-refractivity contribution in [2.24, 2.45) is 5.73 Å². The zero-order chi connectivity index (χ0) is 8.65. The lowest BCUT2D eigenvalue weighted by Gasteiger charge is -2.14. The Morgan fingerprint density at radius 3 is 2.27 bits per heavy atom. The average Bonchev–Trinajstić information content (AvgIpc) is 2.08. The van der Waals surface area contributed by atoms with E-state index < -0.39 is 5.54 Å². The molecule has 0 bridgehead atoms. The van der Waals surface area contributed by atoms with E-state index in [0.717, 1.165) is 11.5 Å². The van der Waals surface area contributed by atoms with E-state index in [1.807, 2.05) is 20.8 Å². The van der Waals surface area contributed by atoms with Crippen molar-refractivity contribution in [3.8, 4) is 0 Å². The van der Waals surface area contributed by atoms with Gasteiger partial charge in [0.25, 0.3) is 4.80 Å². The molecule has 0 unspecified atom stereocenters. The van der Waals surface area contributed by atoms with Gasteiger partial charge in [0.1, 0.15) is 5.76 Å². The number of rotatable bonds is 1. The largest absolute Gasteiger partial charge is 0.434 e. The second-order valence-corrected chi connectivity index (χ2v) is 3.78. The Hall–Kier alpha value is -0.350. The summed E-state index contributed by atoms with van der Waals surface area (Å²) in [4.78, 5) is 4.54. The topological polar surface area (TPSA) is 52.0 Å². The third-order valence-electron chi connectivity index (χ3n) is 1.36. The minimum Gasteiger partial charge on any atom is -0.434 e. The van der Waals surface area contributed by atoms with Crippen molar-refractivity contribution in [1.82, 2.24) is 4.98 Å². The number of aromatic nitrogens is 1. The highest BCUT2D eigenvalue weighted by molar-refractivity contribution is 9.10. The summed E-state index contributed by atoms with van der Waals surface area (Å²) in [6.07, 6.45) is 0. The fourth-order valence-electron chi connectivity index (χ4n) is 0.961. The summed E-state index contributed by atoms with van der Waals surface area (Å²) in [6.45, 7) is 5.64. The van der Waals surface area contributed by atoms with Crippen LogP contribution >= 0.6 is 15.9 Å². The highest BCUT2D eigenvalue weighted by Crippen LogP contribution is 2.24. The molecule has 0 amide bonds. The molecule has 0 saturated heterocycles. The Labute approximate surface area is 74.1 Å². The van der Waals surface area contributed by atoms with Crippen LogP contribution in [0.25, 0.3) is 0 Å². The molecule has 0 radical (unpaired) electrons. The van der Waals surface area contributed by atoms with Crippen molar-refractivity contribution >= 4 is 15.9 Å². The van der Waals surface area contributed by atoms with Crippen LogP contribution in [0, 0.1) is 6.92 Å². The lowest BCUT2D eigenvalue weighted by molar-refractivity contribution is 0.379. The first kappa shape index (κ1) is 8.74. The Kier molecular flexibility index (Phi) is 2.07. The molecule has 0 aliphatic carbocycles. The predicted octanol–water partition coefficient (Wildman–Crippen LogP) is 1.94. The van der Waals surface area contributed by atoms with Crippen LogP contribution < -0.4 is 5.73 Å². The van der Waals surface area contributed by atoms with Crippen molar-refractivity contribution in [3.05, 3.63) is 16.3 Å². The average molecular weight is 219 g/mol. The number of hydrogen-bond acceptors (Lipinski definition) is 3. The van der Waals surface area contributed by atoms with E-state index in [4.69, 9.17) is 10.2 Å². The third kappa shape index (κ3) is 1.81. The summed E-state index contributed by atoms with van der Waals surface area (Å²) in [5.74, 6) is 0.726. The van der Waals surface area contributed by atoms with Gasteiger partial charge in [0, 0.05) is 15.9 Å². The van der Waals surface area contributed by atoms with Crippen LogP contribution in [0.15, 0.2) is 9.22 Å². The van der Waals surface area contributed by atoms with Crippen molar-refractivity contribution in [3.63, 3.8) is 0 Å². The standard InChI is InChI=1S/C7H11BrN2O/c1-4-5(7(2,3)9)11-6(8)10-4/h9H2,1-3H3. The summed E-state index contributed by atoms with van der Waals surface area (Å²) < 4.78 is 5.26. The summed E-state index contributed by atoms with van der Waals surface area (Å²) in [5.41, 5.74) is 6.20. The molecule has 1 heterocycles. The second kappa shape index (κ2) is 2.60. The van der Waals surface area contributed by atoms with Crippen LogP contribution in [0.2, 0.25) is 0 Å². The van der Waals surface area contributed by atoms with Gasteiger partial charge in [0.2, 0.25) is 0 Å². The maximum atomic E-state index is 5.82. The van der Waals surface area contributed by atoms with E-state index in [0.29, 0.717) is 4.80 Å². The lowest BCUT2D eigenvalue weighted by atomic mass is 10.0. The number of hydrogen-bond donors (Lipinski definition) is 1. The van der Waals surface area contributed by atoms with E-state index >= 15 is 0 Å². The Morgan fingerprint density at radius 1 is 1.55 bits per heavy atom. The number of oxazole rings is 1. The van der Waals surface area contributed by atoms with Gasteiger partial charge < -0.3 is 10.2 Å². The van der Waals surface area contributed by atoms with Crippen LogP contribution in [0.5, 0.6) is 0 Å². The zero-order valence-corrected chi connectivity index (χ0v) is 8.40. The number of aryl methyl sites for hydroxylation is 1. The van der Waals surface area contributed by atoms with Gasteiger partial charge in [-0.1, -0.05) is 0 Å². The normalized spacial score (nSPS) is 12.1. The molecule has 3 nitrogen and oxygen atoms in total. The molecule has 0 aliphatic heterocycles. The summed E-state index contributed by atoms with van der Waals surface area (Å²) in [5, 5.41) is 0. The SMILES string of the molecule is Cc1nc(Br)oc1C(C)(C)N. The monoisotopic (exact) mass is 218 g/mol. The highest BCUT2D eigenvalue weighted by atomic mass is 79.9. The van der Waals surface area contributed by atoms with Crippen LogP contribution in [0.1, 0.15) is 25.3 Å². The number of nitrogens with two attached hydrogens (primary N) is 1. The van der Waals surface area contributed by atoms with E-state index in [9.17, 15) is 0 Å². The summed E-state index contributed by atoms with van der Waals surface area (Å²) in [6, 6.07) is 0. The molecule has 0 saturated carbocycles. The van der Waals surface area contributed by atoms with Gasteiger partial charge in [-0.25, -0.2) is 4.98 Å². The Morgan fingerprint density at radius 2 is 2.09 bits per heavy atom. The second-order valence-electron chi connectivity index (χ2n) is 3.10. The smallest absolute Gasteiger partial charge is 0.264 e. The molecule has 4 heteroatoms. The summed E-state index contributed by atoms with van der Waals surface area (Å²) >= 11 is 3.14. The molecule has 0 aliphatic rings. The molecule has 2 N–H and O–H groups in total. The minimum absolute atomic E-state index is 0.455. The van der Waals surface area contributed by atoms with Gasteiger partial charge in [-0.3, -0.25) is 0 Å². The fourth-order valence-corrected chi connectivity index (χ4v) is 1.39. The Bertz CT molecular complexity index is 262. The first-order chi connectivity index (χ1) is 4.91. The van der Waals surface area contributed by atoms with E-state index in [2.05, 4.69) is 20.9 Å². The summed E-state index contributed by atoms with van der Waals surface area (Å²) in [7, 11) is 0. The van der Waals surface area contributed by atoms with Gasteiger partial charge in [-0.2, -0.15) is 0 Å². The molecule has 11 heavy (non-hydrogen) atoms. The van der Waals surface area contributed by atoms with Crippen molar-refractivity contribution < 1.29 is 4.42 Å². The van der Waals surface area contributed by atoms with Gasteiger partial charge >= 0.3 is 0 Å². The van der Waals surface area contributed by atoms with Crippen LogP contribution in [-0.2, 0) is 5.54 Å². The number of halogens is 1. The van der Waals surface area contributed by atoms with Crippen molar-refractivity contribution in [1.29, 1.82) is 0 Å². The van der Waals surface area contributed by atoms with E-state index in [1.54, 1.807) is 0 Å². The number of nitrogens with zero attached hydrogens (tertiary/aromatic N) is 1. The third-order valence-corrected chi connectivity index (χ3v) is 1.69. The molecule has 1 aromatic heterocycles. The van der Waals surface area contributed by atoms with Gasteiger partial charge in [-0.05, 0) is 20.8 Å².